The first-order chi connectivity index (χ1) is 9.99. The number of alkyl halides is 2. The fourth-order valence-corrected chi connectivity index (χ4v) is 2.20. The number of nitrogens with zero attached hydrogens (tertiary/aromatic N) is 1. The Hall–Kier alpha value is -1.76. The average Bonchev–Trinajstić information content (AvgIpc) is 2.44. The molecule has 5 nitrogen and oxygen atoms in total. The maximum atomic E-state index is 13.0. The van der Waals surface area contributed by atoms with Crippen LogP contribution in [0.3, 0.4) is 0 Å². The molecule has 0 aliphatic rings. The second-order valence-electron chi connectivity index (χ2n) is 4.88. The first kappa shape index (κ1) is 17.3. The fourth-order valence-electron chi connectivity index (χ4n) is 2.20. The normalized spacial score (nSPS) is 12.4. The van der Waals surface area contributed by atoms with E-state index in [0.29, 0.717) is 13.0 Å². The second-order valence-corrected chi connectivity index (χ2v) is 4.88. The van der Waals surface area contributed by atoms with Gasteiger partial charge in [-0.15, -0.1) is 0 Å². The molecule has 0 fully saturated rings. The number of nitrogens with one attached hydrogen (secondary N) is 1. The van der Waals surface area contributed by atoms with Crippen LogP contribution < -0.4 is 5.32 Å². The van der Waals surface area contributed by atoms with Gasteiger partial charge >= 0.3 is 0 Å². The minimum absolute atomic E-state index is 0.0499. The largest absolute Gasteiger partial charge is 0.396 e. The number of aliphatic hydroxyl groups is 1. The van der Waals surface area contributed by atoms with Gasteiger partial charge in [0.25, 0.3) is 12.1 Å². The van der Waals surface area contributed by atoms with Gasteiger partial charge in [-0.2, -0.15) is 0 Å². The average molecular weight is 302 g/mol. The van der Waals surface area contributed by atoms with Gasteiger partial charge in [0.05, 0.1) is 4.92 Å². The van der Waals surface area contributed by atoms with Crippen LogP contribution in [-0.2, 0) is 0 Å². The minimum Gasteiger partial charge on any atom is -0.396 e. The van der Waals surface area contributed by atoms with Crippen LogP contribution in [0.4, 0.5) is 20.2 Å². The van der Waals surface area contributed by atoms with Crippen LogP contribution in [0.2, 0.25) is 0 Å². The van der Waals surface area contributed by atoms with Gasteiger partial charge in [0.1, 0.15) is 0 Å². The topological polar surface area (TPSA) is 75.4 Å². The van der Waals surface area contributed by atoms with Gasteiger partial charge in [-0.25, -0.2) is 8.78 Å². The lowest BCUT2D eigenvalue weighted by molar-refractivity contribution is -0.385. The van der Waals surface area contributed by atoms with E-state index in [1.807, 2.05) is 6.92 Å². The molecule has 2 N–H and O–H groups in total. The fraction of sp³-hybridized carbons (Fsp3) is 0.571. The van der Waals surface area contributed by atoms with Crippen molar-refractivity contribution in [2.24, 2.45) is 5.92 Å². The Labute approximate surface area is 122 Å². The number of nitro benzene ring substituents is 1. The Bertz CT molecular complexity index is 464. The molecule has 1 unspecified atom stereocenters. The van der Waals surface area contributed by atoms with Crippen LogP contribution in [0.15, 0.2) is 18.2 Å². The van der Waals surface area contributed by atoms with E-state index in [2.05, 4.69) is 5.32 Å². The molecule has 7 heteroatoms. The monoisotopic (exact) mass is 302 g/mol. The third kappa shape index (κ3) is 5.26. The molecule has 1 atom stereocenters. The van der Waals surface area contributed by atoms with Gasteiger partial charge in [-0.3, -0.25) is 10.1 Å². The molecular formula is C14H20F2N2O3. The van der Waals surface area contributed by atoms with Gasteiger partial charge in [0, 0.05) is 36.5 Å². The van der Waals surface area contributed by atoms with Crippen LogP contribution in [0.1, 0.15) is 38.2 Å². The summed E-state index contributed by atoms with van der Waals surface area (Å²) in [7, 11) is 0. The number of anilines is 1. The number of hydrogen-bond donors (Lipinski definition) is 2. The zero-order chi connectivity index (χ0) is 15.8. The Morgan fingerprint density at radius 3 is 2.62 bits per heavy atom. The highest BCUT2D eigenvalue weighted by molar-refractivity contribution is 5.56. The van der Waals surface area contributed by atoms with E-state index < -0.39 is 11.3 Å². The zero-order valence-electron chi connectivity index (χ0n) is 11.9. The molecule has 0 saturated carbocycles. The molecule has 1 aromatic carbocycles. The van der Waals surface area contributed by atoms with Gasteiger partial charge in [0.2, 0.25) is 0 Å². The van der Waals surface area contributed by atoms with E-state index >= 15 is 0 Å². The van der Waals surface area contributed by atoms with E-state index in [1.54, 1.807) is 0 Å². The van der Waals surface area contributed by atoms with Gasteiger partial charge in [-0.05, 0) is 24.8 Å². The highest BCUT2D eigenvalue weighted by Crippen LogP contribution is 2.31. The summed E-state index contributed by atoms with van der Waals surface area (Å²) in [6.07, 6.45) is -0.369. The number of halogens is 2. The van der Waals surface area contributed by atoms with Crippen LogP contribution in [-0.4, -0.2) is 23.2 Å². The summed E-state index contributed by atoms with van der Waals surface area (Å²) < 4.78 is 26.0. The molecule has 0 bridgehead atoms. The van der Waals surface area contributed by atoms with E-state index in [1.165, 1.54) is 12.1 Å². The third-order valence-corrected chi connectivity index (χ3v) is 3.30. The van der Waals surface area contributed by atoms with Crippen molar-refractivity contribution in [1.29, 1.82) is 0 Å². The third-order valence-electron chi connectivity index (χ3n) is 3.30. The molecule has 0 aliphatic heterocycles. The van der Waals surface area contributed by atoms with Crippen molar-refractivity contribution in [3.63, 3.8) is 0 Å². The maximum Gasteiger partial charge on any atom is 0.270 e. The van der Waals surface area contributed by atoms with Crippen molar-refractivity contribution >= 4 is 11.4 Å². The first-order valence-electron chi connectivity index (χ1n) is 6.90. The van der Waals surface area contributed by atoms with E-state index in [4.69, 9.17) is 5.11 Å². The molecule has 0 saturated heterocycles. The molecular weight excluding hydrogens is 282 g/mol. The van der Waals surface area contributed by atoms with Crippen LogP contribution in [0, 0.1) is 16.0 Å². The van der Waals surface area contributed by atoms with Crippen molar-refractivity contribution in [3.8, 4) is 0 Å². The Morgan fingerprint density at radius 1 is 1.38 bits per heavy atom. The van der Waals surface area contributed by atoms with E-state index in [0.717, 1.165) is 18.9 Å². The lowest BCUT2D eigenvalue weighted by Gasteiger charge is -2.18. The molecule has 0 spiro atoms. The number of rotatable bonds is 9. The second kappa shape index (κ2) is 8.51. The smallest absolute Gasteiger partial charge is 0.270 e. The highest BCUT2D eigenvalue weighted by Gasteiger charge is 2.18. The molecule has 0 aliphatic carbocycles. The summed E-state index contributed by atoms with van der Waals surface area (Å²) in [6, 6.07) is 3.41. The Kier molecular flexibility index (Phi) is 7.01. The SMILES string of the molecule is CCCC(CCO)CNc1ccc([N+](=O)[O-])cc1C(F)F. The van der Waals surface area contributed by atoms with Crippen molar-refractivity contribution in [2.75, 3.05) is 18.5 Å². The quantitative estimate of drug-likeness (QED) is 0.538. The van der Waals surface area contributed by atoms with Crippen LogP contribution in [0.5, 0.6) is 0 Å². The Balaban J connectivity index is 2.84. The summed E-state index contributed by atoms with van der Waals surface area (Å²) in [5.41, 5.74) is -0.519. The number of aliphatic hydroxyl groups excluding tert-OH is 1. The summed E-state index contributed by atoms with van der Waals surface area (Å²) >= 11 is 0. The van der Waals surface area contributed by atoms with Crippen molar-refractivity contribution < 1.29 is 18.8 Å². The molecule has 1 aromatic rings. The summed E-state index contributed by atoms with van der Waals surface area (Å²) in [4.78, 5) is 9.94. The van der Waals surface area contributed by atoms with Gasteiger partial charge in [0.15, 0.2) is 0 Å². The lowest BCUT2D eigenvalue weighted by atomic mass is 10.00. The molecule has 0 radical (unpaired) electrons. The first-order valence-corrected chi connectivity index (χ1v) is 6.90. The van der Waals surface area contributed by atoms with E-state index in [9.17, 15) is 18.9 Å². The molecule has 0 amide bonds. The molecule has 21 heavy (non-hydrogen) atoms. The molecule has 0 aromatic heterocycles. The Morgan fingerprint density at radius 2 is 2.10 bits per heavy atom. The molecule has 118 valence electrons. The lowest BCUT2D eigenvalue weighted by Crippen LogP contribution is -2.16. The molecule has 1 rings (SSSR count). The summed E-state index contributed by atoms with van der Waals surface area (Å²) in [5, 5.41) is 22.5. The number of benzene rings is 1. The van der Waals surface area contributed by atoms with Gasteiger partial charge < -0.3 is 10.4 Å². The van der Waals surface area contributed by atoms with Gasteiger partial charge in [-0.1, -0.05) is 13.3 Å². The number of nitro groups is 1. The van der Waals surface area contributed by atoms with Crippen LogP contribution in [0.25, 0.3) is 0 Å². The summed E-state index contributed by atoms with van der Waals surface area (Å²) in [6.45, 7) is 2.51. The standard InChI is InChI=1S/C14H20F2N2O3/c1-2-3-10(6-7-19)9-17-13-5-4-11(18(20)21)8-12(13)14(15)16/h4-5,8,10,14,17,19H,2-3,6-7,9H2,1H3. The predicted octanol–water partition coefficient (Wildman–Crippen LogP) is 3.74. The number of non-ortho nitro benzene ring substituents is 1. The molecule has 0 heterocycles. The van der Waals surface area contributed by atoms with Crippen molar-refractivity contribution in [2.45, 2.75) is 32.6 Å². The summed E-state index contributed by atoms with van der Waals surface area (Å²) in [5.74, 6) is 0.181. The van der Waals surface area contributed by atoms with Crippen LogP contribution >= 0.6 is 0 Å². The highest BCUT2D eigenvalue weighted by atomic mass is 19.3. The number of hydrogen-bond acceptors (Lipinski definition) is 4. The van der Waals surface area contributed by atoms with Crippen molar-refractivity contribution in [3.05, 3.63) is 33.9 Å². The zero-order valence-corrected chi connectivity index (χ0v) is 11.9. The minimum atomic E-state index is -2.78. The van der Waals surface area contributed by atoms with Crippen molar-refractivity contribution in [1.82, 2.24) is 0 Å². The predicted molar refractivity (Wildman–Crippen MR) is 76.6 cm³/mol. The van der Waals surface area contributed by atoms with E-state index in [-0.39, 0.29) is 29.5 Å². The maximum absolute atomic E-state index is 13.0.